The number of aryl methyl sites for hydroxylation is 1. The lowest BCUT2D eigenvalue weighted by atomic mass is 9.83. The number of benzene rings is 6. The van der Waals surface area contributed by atoms with Crippen LogP contribution in [0.25, 0.3) is 60.6 Å². The standard InChI is InChI=1S/C34H22Br2/c35-27-13-15-29-30-16-14-28(36)20-32(30)34(26-12-10-22-6-2-4-8-24(22)18-26)33(31(29)19-27)25-11-9-21-5-1-3-7-23(21)17-25/h1,3-5,7-20H,2,6H2. The van der Waals surface area contributed by atoms with Gasteiger partial charge in [-0.25, -0.2) is 0 Å². The minimum atomic E-state index is 1.09. The van der Waals surface area contributed by atoms with Gasteiger partial charge in [0.2, 0.25) is 0 Å². The van der Waals surface area contributed by atoms with Gasteiger partial charge in [0.05, 0.1) is 0 Å². The molecule has 36 heavy (non-hydrogen) atoms. The second-order valence-electron chi connectivity index (χ2n) is 9.55. The molecule has 0 saturated heterocycles. The van der Waals surface area contributed by atoms with Gasteiger partial charge in [-0.1, -0.05) is 105 Å². The van der Waals surface area contributed by atoms with E-state index in [1.165, 1.54) is 65.7 Å². The first-order valence-corrected chi connectivity index (χ1v) is 13.9. The number of hydrogen-bond donors (Lipinski definition) is 0. The maximum Gasteiger partial charge on any atom is 0.0181 e. The van der Waals surface area contributed by atoms with Crippen LogP contribution in [0.5, 0.6) is 0 Å². The van der Waals surface area contributed by atoms with Gasteiger partial charge in [0, 0.05) is 8.95 Å². The molecule has 1 aliphatic carbocycles. The molecule has 0 nitrogen and oxygen atoms in total. The van der Waals surface area contributed by atoms with E-state index in [1.807, 2.05) is 0 Å². The molecule has 0 saturated carbocycles. The van der Waals surface area contributed by atoms with Crippen molar-refractivity contribution in [3.8, 4) is 22.3 Å². The van der Waals surface area contributed by atoms with Crippen molar-refractivity contribution in [3.63, 3.8) is 0 Å². The van der Waals surface area contributed by atoms with Gasteiger partial charge in [0.25, 0.3) is 0 Å². The summed E-state index contributed by atoms with van der Waals surface area (Å²) in [5.41, 5.74) is 7.83. The number of halogens is 2. The van der Waals surface area contributed by atoms with Crippen molar-refractivity contribution in [2.75, 3.05) is 0 Å². The molecular formula is C34H22Br2. The summed E-state index contributed by atoms with van der Waals surface area (Å²) < 4.78 is 2.18. The second kappa shape index (κ2) is 8.73. The van der Waals surface area contributed by atoms with Crippen LogP contribution in [0.1, 0.15) is 17.5 Å². The maximum absolute atomic E-state index is 3.77. The Morgan fingerprint density at radius 1 is 0.528 bits per heavy atom. The molecule has 0 spiro atoms. The molecule has 6 aromatic rings. The first kappa shape index (κ1) is 22.0. The highest BCUT2D eigenvalue weighted by Gasteiger charge is 2.19. The number of rotatable bonds is 2. The highest BCUT2D eigenvalue weighted by atomic mass is 79.9. The first-order chi connectivity index (χ1) is 17.7. The van der Waals surface area contributed by atoms with Crippen molar-refractivity contribution < 1.29 is 0 Å². The Morgan fingerprint density at radius 3 is 1.89 bits per heavy atom. The lowest BCUT2D eigenvalue weighted by Crippen LogP contribution is -1.96. The van der Waals surface area contributed by atoms with E-state index in [0.717, 1.165) is 21.8 Å². The van der Waals surface area contributed by atoms with Gasteiger partial charge in [-0.15, -0.1) is 0 Å². The molecule has 0 aromatic heterocycles. The largest absolute Gasteiger partial charge is 0.0836 e. The van der Waals surface area contributed by atoms with Crippen molar-refractivity contribution in [3.05, 3.63) is 123 Å². The van der Waals surface area contributed by atoms with E-state index in [9.17, 15) is 0 Å². The molecule has 7 rings (SSSR count). The Labute approximate surface area is 227 Å². The van der Waals surface area contributed by atoms with Crippen LogP contribution in [-0.2, 0) is 6.42 Å². The Balaban J connectivity index is 1.67. The molecule has 2 heteroatoms. The predicted molar refractivity (Wildman–Crippen MR) is 163 cm³/mol. The van der Waals surface area contributed by atoms with Crippen LogP contribution in [0.3, 0.4) is 0 Å². The van der Waals surface area contributed by atoms with Crippen LogP contribution in [0.4, 0.5) is 0 Å². The van der Waals surface area contributed by atoms with Crippen LogP contribution < -0.4 is 0 Å². The summed E-state index contributed by atoms with van der Waals surface area (Å²) in [7, 11) is 0. The second-order valence-corrected chi connectivity index (χ2v) is 11.4. The molecule has 0 heterocycles. The van der Waals surface area contributed by atoms with Gasteiger partial charge in [-0.2, -0.15) is 0 Å². The third-order valence-corrected chi connectivity index (χ3v) is 8.38. The van der Waals surface area contributed by atoms with E-state index >= 15 is 0 Å². The minimum absolute atomic E-state index is 1.09. The SMILES string of the molecule is Brc1ccc2c(c1)c(-c1ccc3c(c1)C=CCC3)c(-c1ccc3ccccc3c1)c1cc(Br)ccc12. The summed E-state index contributed by atoms with van der Waals surface area (Å²) in [6.07, 6.45) is 6.81. The van der Waals surface area contributed by atoms with Crippen LogP contribution in [-0.4, -0.2) is 0 Å². The van der Waals surface area contributed by atoms with E-state index in [-0.39, 0.29) is 0 Å². The van der Waals surface area contributed by atoms with E-state index in [0.29, 0.717) is 0 Å². The summed E-state index contributed by atoms with van der Waals surface area (Å²) in [5, 5.41) is 7.58. The van der Waals surface area contributed by atoms with Crippen molar-refractivity contribution in [1.29, 1.82) is 0 Å². The summed E-state index contributed by atoms with van der Waals surface area (Å²) in [5.74, 6) is 0. The predicted octanol–water partition coefficient (Wildman–Crippen LogP) is 11.0. The zero-order valence-corrected chi connectivity index (χ0v) is 22.7. The van der Waals surface area contributed by atoms with Gasteiger partial charge >= 0.3 is 0 Å². The average molecular weight is 590 g/mol. The molecular weight excluding hydrogens is 568 g/mol. The summed E-state index contributed by atoms with van der Waals surface area (Å²) >= 11 is 7.54. The van der Waals surface area contributed by atoms with Crippen LogP contribution in [0, 0.1) is 0 Å². The Morgan fingerprint density at radius 2 is 1.17 bits per heavy atom. The molecule has 1 aliphatic rings. The van der Waals surface area contributed by atoms with E-state index in [2.05, 4.69) is 141 Å². The summed E-state index contributed by atoms with van der Waals surface area (Å²) in [4.78, 5) is 0. The molecule has 0 fully saturated rings. The number of fused-ring (bicyclic) bond motifs is 5. The monoisotopic (exact) mass is 588 g/mol. The van der Waals surface area contributed by atoms with Gasteiger partial charge in [-0.05, 0) is 115 Å². The Hall–Kier alpha value is -3.20. The lowest BCUT2D eigenvalue weighted by molar-refractivity contribution is 0.986. The average Bonchev–Trinajstić information content (AvgIpc) is 2.91. The van der Waals surface area contributed by atoms with Crippen LogP contribution in [0.15, 0.2) is 112 Å². The topological polar surface area (TPSA) is 0 Å². The maximum atomic E-state index is 3.77. The summed E-state index contributed by atoms with van der Waals surface area (Å²) in [6.45, 7) is 0. The quantitative estimate of drug-likeness (QED) is 0.176. The highest BCUT2D eigenvalue weighted by molar-refractivity contribution is 9.10. The molecule has 172 valence electrons. The minimum Gasteiger partial charge on any atom is -0.0836 e. The fourth-order valence-electron chi connectivity index (χ4n) is 5.71. The van der Waals surface area contributed by atoms with Gasteiger partial charge in [0.15, 0.2) is 0 Å². The number of allylic oxidation sites excluding steroid dienone is 1. The van der Waals surface area contributed by atoms with Crippen molar-refractivity contribution in [2.24, 2.45) is 0 Å². The van der Waals surface area contributed by atoms with Crippen LogP contribution in [0.2, 0.25) is 0 Å². The van der Waals surface area contributed by atoms with Crippen molar-refractivity contribution in [2.45, 2.75) is 12.8 Å². The molecule has 0 N–H and O–H groups in total. The molecule has 0 atom stereocenters. The van der Waals surface area contributed by atoms with Crippen molar-refractivity contribution >= 4 is 70.3 Å². The smallest absolute Gasteiger partial charge is 0.0181 e. The van der Waals surface area contributed by atoms with Crippen LogP contribution >= 0.6 is 31.9 Å². The zero-order valence-electron chi connectivity index (χ0n) is 19.6. The molecule has 6 aromatic carbocycles. The number of hydrogen-bond acceptors (Lipinski definition) is 0. The fraction of sp³-hybridized carbons (Fsp3) is 0.0588. The fourth-order valence-corrected chi connectivity index (χ4v) is 6.43. The van der Waals surface area contributed by atoms with Crippen molar-refractivity contribution in [1.82, 2.24) is 0 Å². The Kier molecular flexibility index (Phi) is 5.34. The molecule has 0 amide bonds. The lowest BCUT2D eigenvalue weighted by Gasteiger charge is -2.21. The van der Waals surface area contributed by atoms with E-state index in [1.54, 1.807) is 0 Å². The summed E-state index contributed by atoms with van der Waals surface area (Å²) in [6, 6.07) is 35.9. The van der Waals surface area contributed by atoms with Gasteiger partial charge in [0.1, 0.15) is 0 Å². The highest BCUT2D eigenvalue weighted by Crippen LogP contribution is 2.46. The molecule has 0 bridgehead atoms. The normalized spacial score (nSPS) is 12.9. The van der Waals surface area contributed by atoms with E-state index < -0.39 is 0 Å². The molecule has 0 radical (unpaired) electrons. The third-order valence-electron chi connectivity index (χ3n) is 7.39. The molecule has 0 unspecified atom stereocenters. The third kappa shape index (κ3) is 3.63. The first-order valence-electron chi connectivity index (χ1n) is 12.3. The van der Waals surface area contributed by atoms with Gasteiger partial charge in [-0.3, -0.25) is 0 Å². The zero-order chi connectivity index (χ0) is 24.2. The Bertz CT molecular complexity index is 1860. The van der Waals surface area contributed by atoms with E-state index in [4.69, 9.17) is 0 Å². The van der Waals surface area contributed by atoms with Gasteiger partial charge < -0.3 is 0 Å². The molecule has 0 aliphatic heterocycles.